The fourth-order valence-electron chi connectivity index (χ4n) is 2.49. The standard InChI is InChI=1S/C17H27N5O/c1-12(2)15-10-14(20-22(15)17(4,5)6)16(23)19-13(3)11-21-9-7-8-18-21/h7-10,12-13H,11H2,1-6H3,(H,19,23)/t13-/m1/s1. The van der Waals surface area contributed by atoms with E-state index in [9.17, 15) is 4.79 Å². The molecule has 0 bridgehead atoms. The molecule has 2 rings (SSSR count). The highest BCUT2D eigenvalue weighted by Gasteiger charge is 2.24. The Labute approximate surface area is 137 Å². The fraction of sp³-hybridized carbons (Fsp3) is 0.588. The van der Waals surface area contributed by atoms with Gasteiger partial charge in [0.15, 0.2) is 0 Å². The predicted molar refractivity (Wildman–Crippen MR) is 90.5 cm³/mol. The predicted octanol–water partition coefficient (Wildman–Crippen LogP) is 2.78. The zero-order chi connectivity index (χ0) is 17.2. The lowest BCUT2D eigenvalue weighted by molar-refractivity contribution is 0.0929. The Morgan fingerprint density at radius 1 is 1.30 bits per heavy atom. The van der Waals surface area contributed by atoms with Crippen LogP contribution in [0.4, 0.5) is 0 Å². The Kier molecular flexibility index (Phi) is 4.92. The lowest BCUT2D eigenvalue weighted by atomic mass is 10.1. The lowest BCUT2D eigenvalue weighted by Crippen LogP contribution is -2.36. The van der Waals surface area contributed by atoms with Crippen LogP contribution in [0.25, 0.3) is 0 Å². The molecule has 1 N–H and O–H groups in total. The van der Waals surface area contributed by atoms with Crippen molar-refractivity contribution in [3.05, 3.63) is 35.9 Å². The lowest BCUT2D eigenvalue weighted by Gasteiger charge is -2.23. The molecule has 2 heterocycles. The number of amides is 1. The third kappa shape index (κ3) is 4.21. The topological polar surface area (TPSA) is 64.7 Å². The van der Waals surface area contributed by atoms with Gasteiger partial charge in [-0.05, 0) is 45.7 Å². The van der Waals surface area contributed by atoms with Crippen molar-refractivity contribution in [2.75, 3.05) is 0 Å². The molecule has 126 valence electrons. The molecule has 0 aliphatic heterocycles. The summed E-state index contributed by atoms with van der Waals surface area (Å²) in [6.45, 7) is 13.1. The first-order valence-electron chi connectivity index (χ1n) is 8.07. The van der Waals surface area contributed by atoms with Crippen LogP contribution < -0.4 is 5.32 Å². The molecule has 0 saturated heterocycles. The molecule has 0 fully saturated rings. The Morgan fingerprint density at radius 2 is 2.00 bits per heavy atom. The minimum Gasteiger partial charge on any atom is -0.346 e. The molecular formula is C17H27N5O. The molecule has 1 atom stereocenters. The molecule has 0 aliphatic carbocycles. The average Bonchev–Trinajstić information content (AvgIpc) is 3.05. The van der Waals surface area contributed by atoms with E-state index < -0.39 is 0 Å². The van der Waals surface area contributed by atoms with Crippen molar-refractivity contribution in [2.45, 2.75) is 65.6 Å². The quantitative estimate of drug-likeness (QED) is 0.922. The second kappa shape index (κ2) is 6.56. The van der Waals surface area contributed by atoms with Gasteiger partial charge in [-0.1, -0.05) is 13.8 Å². The fourth-order valence-corrected chi connectivity index (χ4v) is 2.49. The van der Waals surface area contributed by atoms with Gasteiger partial charge in [0.1, 0.15) is 5.69 Å². The molecule has 0 aromatic carbocycles. The van der Waals surface area contributed by atoms with Crippen LogP contribution in [0, 0.1) is 0 Å². The monoisotopic (exact) mass is 317 g/mol. The van der Waals surface area contributed by atoms with Gasteiger partial charge in [-0.3, -0.25) is 14.2 Å². The van der Waals surface area contributed by atoms with Crippen molar-refractivity contribution >= 4 is 5.91 Å². The van der Waals surface area contributed by atoms with Crippen molar-refractivity contribution in [3.63, 3.8) is 0 Å². The number of hydrogen-bond acceptors (Lipinski definition) is 3. The molecule has 0 spiro atoms. The van der Waals surface area contributed by atoms with E-state index in [2.05, 4.69) is 50.1 Å². The second-order valence-electron chi connectivity index (χ2n) is 7.29. The molecule has 0 aliphatic rings. The maximum absolute atomic E-state index is 12.5. The van der Waals surface area contributed by atoms with Gasteiger partial charge in [-0.2, -0.15) is 10.2 Å². The highest BCUT2D eigenvalue weighted by molar-refractivity contribution is 5.92. The van der Waals surface area contributed by atoms with E-state index in [0.29, 0.717) is 18.2 Å². The molecule has 0 saturated carbocycles. The third-order valence-corrected chi connectivity index (χ3v) is 3.59. The normalized spacial score (nSPS) is 13.3. The van der Waals surface area contributed by atoms with Crippen LogP contribution in [-0.4, -0.2) is 31.5 Å². The van der Waals surface area contributed by atoms with Crippen LogP contribution in [-0.2, 0) is 12.1 Å². The summed E-state index contributed by atoms with van der Waals surface area (Å²) in [5.41, 5.74) is 1.39. The molecule has 2 aromatic heterocycles. The van der Waals surface area contributed by atoms with Gasteiger partial charge in [-0.15, -0.1) is 0 Å². The van der Waals surface area contributed by atoms with Crippen LogP contribution in [0.2, 0.25) is 0 Å². The minimum atomic E-state index is -0.154. The van der Waals surface area contributed by atoms with E-state index in [1.54, 1.807) is 10.9 Å². The maximum Gasteiger partial charge on any atom is 0.272 e. The average molecular weight is 317 g/mol. The van der Waals surface area contributed by atoms with E-state index in [1.807, 2.05) is 29.9 Å². The summed E-state index contributed by atoms with van der Waals surface area (Å²) in [6, 6.07) is 3.74. The Balaban J connectivity index is 2.13. The zero-order valence-corrected chi connectivity index (χ0v) is 14.9. The van der Waals surface area contributed by atoms with Crippen LogP contribution in [0.15, 0.2) is 24.5 Å². The highest BCUT2D eigenvalue weighted by atomic mass is 16.2. The van der Waals surface area contributed by atoms with Crippen molar-refractivity contribution in [1.29, 1.82) is 0 Å². The Bertz CT molecular complexity index is 649. The van der Waals surface area contributed by atoms with E-state index in [4.69, 9.17) is 0 Å². The summed E-state index contributed by atoms with van der Waals surface area (Å²) in [7, 11) is 0. The SMILES string of the molecule is CC(C)c1cc(C(=O)N[C@H](C)Cn2cccn2)nn1C(C)(C)C. The largest absolute Gasteiger partial charge is 0.346 e. The second-order valence-corrected chi connectivity index (χ2v) is 7.29. The summed E-state index contributed by atoms with van der Waals surface area (Å²) < 4.78 is 3.75. The van der Waals surface area contributed by atoms with E-state index in [-0.39, 0.29) is 17.5 Å². The van der Waals surface area contributed by atoms with E-state index in [1.165, 1.54) is 0 Å². The van der Waals surface area contributed by atoms with E-state index in [0.717, 1.165) is 5.69 Å². The Morgan fingerprint density at radius 3 is 2.48 bits per heavy atom. The van der Waals surface area contributed by atoms with Gasteiger partial charge in [0.25, 0.3) is 5.91 Å². The first-order valence-corrected chi connectivity index (χ1v) is 8.07. The molecule has 2 aromatic rings. The summed E-state index contributed by atoms with van der Waals surface area (Å²) in [6.07, 6.45) is 3.61. The number of carbonyl (C=O) groups excluding carboxylic acids is 1. The molecule has 1 amide bonds. The van der Waals surface area contributed by atoms with Gasteiger partial charge in [0, 0.05) is 24.1 Å². The first kappa shape index (κ1) is 17.2. The number of rotatable bonds is 5. The molecule has 0 radical (unpaired) electrons. The number of nitrogens with one attached hydrogen (secondary N) is 1. The molecule has 6 nitrogen and oxygen atoms in total. The highest BCUT2D eigenvalue weighted by Crippen LogP contribution is 2.23. The van der Waals surface area contributed by atoms with Crippen LogP contribution in [0.5, 0.6) is 0 Å². The number of aromatic nitrogens is 4. The van der Waals surface area contributed by atoms with Crippen molar-refractivity contribution in [2.24, 2.45) is 0 Å². The van der Waals surface area contributed by atoms with Crippen LogP contribution >= 0.6 is 0 Å². The molecule has 0 unspecified atom stereocenters. The first-order chi connectivity index (χ1) is 10.7. The summed E-state index contributed by atoms with van der Waals surface area (Å²) in [4.78, 5) is 12.5. The van der Waals surface area contributed by atoms with Crippen LogP contribution in [0.3, 0.4) is 0 Å². The van der Waals surface area contributed by atoms with Gasteiger partial charge >= 0.3 is 0 Å². The molecule has 6 heteroatoms. The zero-order valence-electron chi connectivity index (χ0n) is 14.9. The molecular weight excluding hydrogens is 290 g/mol. The van der Waals surface area contributed by atoms with E-state index >= 15 is 0 Å². The number of nitrogens with zero attached hydrogens (tertiary/aromatic N) is 4. The number of carbonyl (C=O) groups is 1. The third-order valence-electron chi connectivity index (χ3n) is 3.59. The van der Waals surface area contributed by atoms with Crippen molar-refractivity contribution in [1.82, 2.24) is 24.9 Å². The smallest absolute Gasteiger partial charge is 0.272 e. The van der Waals surface area contributed by atoms with Gasteiger partial charge in [-0.25, -0.2) is 0 Å². The summed E-state index contributed by atoms with van der Waals surface area (Å²) >= 11 is 0. The maximum atomic E-state index is 12.5. The van der Waals surface area contributed by atoms with Gasteiger partial charge in [0.2, 0.25) is 0 Å². The number of hydrogen-bond donors (Lipinski definition) is 1. The molecule has 23 heavy (non-hydrogen) atoms. The Hall–Kier alpha value is -2.11. The summed E-state index contributed by atoms with van der Waals surface area (Å²) in [5.74, 6) is 0.166. The van der Waals surface area contributed by atoms with Crippen LogP contribution in [0.1, 0.15) is 63.6 Å². The van der Waals surface area contributed by atoms with Crippen molar-refractivity contribution < 1.29 is 4.79 Å². The van der Waals surface area contributed by atoms with Gasteiger partial charge < -0.3 is 5.32 Å². The minimum absolute atomic E-state index is 0.0234. The van der Waals surface area contributed by atoms with Gasteiger partial charge in [0.05, 0.1) is 12.1 Å². The van der Waals surface area contributed by atoms with Crippen molar-refractivity contribution in [3.8, 4) is 0 Å². The summed E-state index contributed by atoms with van der Waals surface area (Å²) in [5, 5.41) is 11.7.